The van der Waals surface area contributed by atoms with Gasteiger partial charge in [0.2, 0.25) is 5.91 Å². The van der Waals surface area contributed by atoms with Crippen LogP contribution >= 0.6 is 0 Å². The van der Waals surface area contributed by atoms with E-state index >= 15 is 0 Å². The number of benzene rings is 1. The van der Waals surface area contributed by atoms with Gasteiger partial charge in [0.25, 0.3) is 0 Å². The second-order valence-corrected chi connectivity index (χ2v) is 9.81. The van der Waals surface area contributed by atoms with E-state index in [-0.39, 0.29) is 40.9 Å². The Labute approximate surface area is 170 Å². The van der Waals surface area contributed by atoms with Crippen molar-refractivity contribution in [2.24, 2.45) is 11.8 Å². The predicted molar refractivity (Wildman–Crippen MR) is 105 cm³/mol. The number of sulfone groups is 1. The summed E-state index contributed by atoms with van der Waals surface area (Å²) in [7, 11) is -3.27. The molecular weight excluding hydrogens is 394 g/mol. The van der Waals surface area contributed by atoms with Crippen LogP contribution in [0.1, 0.15) is 12.8 Å². The molecule has 1 aromatic rings. The fourth-order valence-corrected chi connectivity index (χ4v) is 5.06. The lowest BCUT2D eigenvalue weighted by atomic mass is 9.88. The quantitative estimate of drug-likeness (QED) is 0.627. The number of ether oxygens (including phenoxy) is 1. The second kappa shape index (κ2) is 7.91. The van der Waals surface area contributed by atoms with Crippen molar-refractivity contribution < 1.29 is 17.9 Å². The van der Waals surface area contributed by atoms with Gasteiger partial charge in [-0.05, 0) is 37.1 Å². The number of hydrogen-bond donors (Lipinski definition) is 3. The molecule has 5 atom stereocenters. The van der Waals surface area contributed by atoms with Crippen molar-refractivity contribution in [1.29, 1.82) is 5.26 Å². The van der Waals surface area contributed by atoms with Gasteiger partial charge in [0.15, 0.2) is 9.84 Å². The number of nitrogens with one attached hydrogen (secondary N) is 3. The van der Waals surface area contributed by atoms with Crippen LogP contribution in [0.4, 0.5) is 5.69 Å². The van der Waals surface area contributed by atoms with Gasteiger partial charge in [-0.25, -0.2) is 18.9 Å². The standard InChI is InChI=1S/C19H25N5O4S/c1-29(26,27)14-4-2-13(3-5-14)22-18-17-15(6-8-21-19(17)25)24(23-18)16-11-28-9-7-12(16)10-20/h2-5,12,15-18,22-23H,6-9,11H2,1H3,(H,21,25)/t12-,15?,16+,17?,18?/m1/s1. The number of nitriles is 1. The Morgan fingerprint density at radius 3 is 2.69 bits per heavy atom. The zero-order valence-electron chi connectivity index (χ0n) is 16.2. The predicted octanol–water partition coefficient (Wildman–Crippen LogP) is 0.0817. The molecule has 3 unspecified atom stereocenters. The van der Waals surface area contributed by atoms with Crippen molar-refractivity contribution in [3.8, 4) is 6.07 Å². The van der Waals surface area contributed by atoms with E-state index in [0.717, 1.165) is 6.42 Å². The van der Waals surface area contributed by atoms with E-state index in [0.29, 0.717) is 31.9 Å². The van der Waals surface area contributed by atoms with Gasteiger partial charge < -0.3 is 15.4 Å². The first-order chi connectivity index (χ1) is 13.9. The highest BCUT2D eigenvalue weighted by atomic mass is 32.2. The van der Waals surface area contributed by atoms with Crippen LogP contribution in [0.3, 0.4) is 0 Å². The topological polar surface area (TPSA) is 124 Å². The average molecular weight is 420 g/mol. The molecule has 156 valence electrons. The molecule has 0 bridgehead atoms. The van der Waals surface area contributed by atoms with Crippen LogP contribution in [0.2, 0.25) is 0 Å². The summed E-state index contributed by atoms with van der Waals surface area (Å²) >= 11 is 0. The molecular formula is C19H25N5O4S. The number of rotatable bonds is 4. The molecule has 9 nitrogen and oxygen atoms in total. The molecule has 0 aliphatic carbocycles. The highest BCUT2D eigenvalue weighted by Crippen LogP contribution is 2.33. The summed E-state index contributed by atoms with van der Waals surface area (Å²) in [6.07, 6.45) is 2.25. The van der Waals surface area contributed by atoms with Gasteiger partial charge in [-0.3, -0.25) is 4.79 Å². The van der Waals surface area contributed by atoms with Crippen LogP contribution in [0.5, 0.6) is 0 Å². The van der Waals surface area contributed by atoms with Crippen molar-refractivity contribution in [3.63, 3.8) is 0 Å². The number of anilines is 1. The van der Waals surface area contributed by atoms with E-state index in [1.165, 1.54) is 6.26 Å². The minimum absolute atomic E-state index is 0.0354. The maximum atomic E-state index is 12.6. The minimum Gasteiger partial charge on any atom is -0.380 e. The summed E-state index contributed by atoms with van der Waals surface area (Å²) in [5, 5.41) is 17.8. The van der Waals surface area contributed by atoms with Gasteiger partial charge in [0.05, 0.1) is 35.4 Å². The molecule has 3 N–H and O–H groups in total. The molecule has 3 aliphatic rings. The molecule has 10 heteroatoms. The van der Waals surface area contributed by atoms with Crippen molar-refractivity contribution in [2.75, 3.05) is 31.3 Å². The van der Waals surface area contributed by atoms with Crippen molar-refractivity contribution in [3.05, 3.63) is 24.3 Å². The maximum absolute atomic E-state index is 12.6. The van der Waals surface area contributed by atoms with E-state index in [1.807, 2.05) is 5.01 Å². The molecule has 0 spiro atoms. The molecule has 1 aromatic carbocycles. The lowest BCUT2D eigenvalue weighted by molar-refractivity contribution is -0.128. The fraction of sp³-hybridized carbons (Fsp3) is 0.579. The molecule has 3 heterocycles. The molecule has 29 heavy (non-hydrogen) atoms. The number of carbonyl (C=O) groups excluding carboxylic acids is 1. The number of carbonyl (C=O) groups is 1. The molecule has 3 saturated heterocycles. The fourth-order valence-electron chi connectivity index (χ4n) is 4.43. The van der Waals surface area contributed by atoms with Crippen LogP contribution in [0.25, 0.3) is 0 Å². The Balaban J connectivity index is 1.56. The van der Waals surface area contributed by atoms with Crippen LogP contribution in [-0.4, -0.2) is 63.6 Å². The van der Waals surface area contributed by atoms with E-state index in [9.17, 15) is 18.5 Å². The summed E-state index contributed by atoms with van der Waals surface area (Å²) in [6.45, 7) is 1.62. The molecule has 0 radical (unpaired) electrons. The normalized spacial score (nSPS) is 32.8. The largest absolute Gasteiger partial charge is 0.380 e. The molecule has 4 rings (SSSR count). The summed E-state index contributed by atoms with van der Waals surface area (Å²) < 4.78 is 29.0. The SMILES string of the molecule is CS(=O)(=O)c1ccc(NC2NN([C@H]3COCC[C@@H]3C#N)C3CCNC(=O)C23)cc1. The lowest BCUT2D eigenvalue weighted by Gasteiger charge is -2.39. The molecule has 1 amide bonds. The molecule has 0 aromatic heterocycles. The van der Waals surface area contributed by atoms with Crippen LogP contribution < -0.4 is 16.1 Å². The summed E-state index contributed by atoms with van der Waals surface area (Å²) in [4.78, 5) is 12.9. The molecule has 0 saturated carbocycles. The Morgan fingerprint density at radius 1 is 1.24 bits per heavy atom. The summed E-state index contributed by atoms with van der Waals surface area (Å²) in [5.41, 5.74) is 4.12. The number of nitrogens with zero attached hydrogens (tertiary/aromatic N) is 2. The van der Waals surface area contributed by atoms with E-state index in [4.69, 9.17) is 4.74 Å². The first-order valence-corrected chi connectivity index (χ1v) is 11.6. The number of hydrogen-bond acceptors (Lipinski definition) is 8. The molecule has 3 fully saturated rings. The van der Waals surface area contributed by atoms with Gasteiger partial charge in [0.1, 0.15) is 6.17 Å². The monoisotopic (exact) mass is 419 g/mol. The van der Waals surface area contributed by atoms with Gasteiger partial charge in [-0.1, -0.05) is 0 Å². The maximum Gasteiger partial charge on any atom is 0.228 e. The smallest absolute Gasteiger partial charge is 0.228 e. The highest BCUT2D eigenvalue weighted by Gasteiger charge is 2.51. The number of amides is 1. The number of hydrazine groups is 1. The second-order valence-electron chi connectivity index (χ2n) is 7.79. The third kappa shape index (κ3) is 3.96. The van der Waals surface area contributed by atoms with Crippen LogP contribution in [0, 0.1) is 23.2 Å². The third-order valence-corrected chi connectivity index (χ3v) is 7.04. The van der Waals surface area contributed by atoms with Crippen molar-refractivity contribution in [2.45, 2.75) is 36.0 Å². The summed E-state index contributed by atoms with van der Waals surface area (Å²) in [5.74, 6) is -0.527. The van der Waals surface area contributed by atoms with E-state index < -0.39 is 9.84 Å². The average Bonchev–Trinajstić information content (AvgIpc) is 3.07. The minimum atomic E-state index is -3.27. The molecule has 3 aliphatic heterocycles. The van der Waals surface area contributed by atoms with Gasteiger partial charge in [-0.2, -0.15) is 5.26 Å². The van der Waals surface area contributed by atoms with E-state index in [2.05, 4.69) is 22.1 Å². The zero-order chi connectivity index (χ0) is 20.6. The highest BCUT2D eigenvalue weighted by molar-refractivity contribution is 7.90. The first kappa shape index (κ1) is 20.1. The number of piperidine rings is 1. The van der Waals surface area contributed by atoms with Gasteiger partial charge in [0, 0.05) is 31.1 Å². The Morgan fingerprint density at radius 2 is 2.00 bits per heavy atom. The Hall–Kier alpha value is -2.19. The lowest BCUT2D eigenvalue weighted by Crippen LogP contribution is -2.56. The van der Waals surface area contributed by atoms with Crippen LogP contribution in [-0.2, 0) is 19.4 Å². The zero-order valence-corrected chi connectivity index (χ0v) is 17.0. The Bertz CT molecular complexity index is 914. The number of fused-ring (bicyclic) bond motifs is 1. The van der Waals surface area contributed by atoms with Crippen molar-refractivity contribution >= 4 is 21.4 Å². The van der Waals surface area contributed by atoms with Crippen LogP contribution in [0.15, 0.2) is 29.2 Å². The van der Waals surface area contributed by atoms with E-state index in [1.54, 1.807) is 24.3 Å². The van der Waals surface area contributed by atoms with Gasteiger partial charge in [-0.15, -0.1) is 0 Å². The first-order valence-electron chi connectivity index (χ1n) is 9.75. The third-order valence-electron chi connectivity index (χ3n) is 5.92. The summed E-state index contributed by atoms with van der Waals surface area (Å²) in [6, 6.07) is 8.70. The van der Waals surface area contributed by atoms with Gasteiger partial charge >= 0.3 is 0 Å². The van der Waals surface area contributed by atoms with Crippen molar-refractivity contribution in [1.82, 2.24) is 15.8 Å². The Kier molecular flexibility index (Phi) is 5.48.